The zero-order valence-electron chi connectivity index (χ0n) is 13.5. The van der Waals surface area contributed by atoms with E-state index < -0.39 is 0 Å². The summed E-state index contributed by atoms with van der Waals surface area (Å²) in [4.78, 5) is 26.3. The lowest BCUT2D eigenvalue weighted by atomic mass is 10.1. The Morgan fingerprint density at radius 1 is 1.33 bits per heavy atom. The van der Waals surface area contributed by atoms with Crippen molar-refractivity contribution in [2.45, 2.75) is 25.3 Å². The van der Waals surface area contributed by atoms with Gasteiger partial charge in [-0.3, -0.25) is 9.59 Å². The van der Waals surface area contributed by atoms with Gasteiger partial charge in [-0.2, -0.15) is 0 Å². The number of amides is 2. The molecule has 1 aromatic carbocycles. The van der Waals surface area contributed by atoms with Crippen LogP contribution in [0, 0.1) is 0 Å². The van der Waals surface area contributed by atoms with E-state index in [0.29, 0.717) is 49.0 Å². The number of benzene rings is 1. The third-order valence-electron chi connectivity index (χ3n) is 4.38. The van der Waals surface area contributed by atoms with Gasteiger partial charge in [0.25, 0.3) is 5.91 Å². The maximum Gasteiger partial charge on any atom is 0.255 e. The van der Waals surface area contributed by atoms with Gasteiger partial charge in [0.15, 0.2) is 0 Å². The molecule has 2 saturated heterocycles. The predicted molar refractivity (Wildman–Crippen MR) is 92.4 cm³/mol. The normalized spacial score (nSPS) is 20.9. The van der Waals surface area contributed by atoms with Crippen LogP contribution in [0.1, 0.15) is 29.6 Å². The number of ether oxygens (including phenoxy) is 1. The van der Waals surface area contributed by atoms with Crippen molar-refractivity contribution in [2.24, 2.45) is 0 Å². The summed E-state index contributed by atoms with van der Waals surface area (Å²) in [5, 5.41) is 6.50. The van der Waals surface area contributed by atoms with E-state index >= 15 is 0 Å². The predicted octanol–water partition coefficient (Wildman–Crippen LogP) is 1.89. The molecule has 0 radical (unpaired) electrons. The maximum absolute atomic E-state index is 12.5. The third kappa shape index (κ3) is 4.26. The summed E-state index contributed by atoms with van der Waals surface area (Å²) in [6.07, 6.45) is 2.59. The van der Waals surface area contributed by atoms with Crippen LogP contribution in [-0.4, -0.2) is 55.6 Å². The Balaban J connectivity index is 1.61. The van der Waals surface area contributed by atoms with Gasteiger partial charge < -0.3 is 20.3 Å². The van der Waals surface area contributed by atoms with Gasteiger partial charge >= 0.3 is 0 Å². The minimum absolute atomic E-state index is 0.0438. The van der Waals surface area contributed by atoms with E-state index in [1.165, 1.54) is 0 Å². The molecular formula is C17H22ClN3O3. The van der Waals surface area contributed by atoms with Gasteiger partial charge in [0, 0.05) is 31.2 Å². The van der Waals surface area contributed by atoms with Crippen molar-refractivity contribution in [3.8, 4) is 0 Å². The molecule has 2 amide bonds. The molecule has 0 aromatic heterocycles. The molecule has 2 heterocycles. The van der Waals surface area contributed by atoms with Gasteiger partial charge in [-0.05, 0) is 37.6 Å². The quantitative estimate of drug-likeness (QED) is 0.869. The maximum atomic E-state index is 12.5. The average Bonchev–Trinajstić information content (AvgIpc) is 3.08. The van der Waals surface area contributed by atoms with E-state index in [1.807, 2.05) is 0 Å². The van der Waals surface area contributed by atoms with Crippen LogP contribution in [0.15, 0.2) is 18.2 Å². The molecular weight excluding hydrogens is 330 g/mol. The van der Waals surface area contributed by atoms with Gasteiger partial charge in [-0.25, -0.2) is 0 Å². The first-order valence-electron chi connectivity index (χ1n) is 8.33. The highest BCUT2D eigenvalue weighted by atomic mass is 35.5. The Labute approximate surface area is 146 Å². The Hall–Kier alpha value is -1.63. The number of carbonyl (C=O) groups is 2. The van der Waals surface area contributed by atoms with Crippen molar-refractivity contribution in [2.75, 3.05) is 38.2 Å². The lowest BCUT2D eigenvalue weighted by Gasteiger charge is -2.27. The Bertz CT molecular complexity index is 611. The zero-order valence-corrected chi connectivity index (χ0v) is 14.3. The molecule has 130 valence electrons. The number of anilines is 1. The number of morpholine rings is 1. The monoisotopic (exact) mass is 351 g/mol. The van der Waals surface area contributed by atoms with Crippen molar-refractivity contribution >= 4 is 29.1 Å². The number of nitrogens with one attached hydrogen (secondary N) is 2. The Kier molecular flexibility index (Phi) is 5.71. The van der Waals surface area contributed by atoms with Gasteiger partial charge in [0.2, 0.25) is 5.91 Å². The molecule has 0 aliphatic carbocycles. The van der Waals surface area contributed by atoms with E-state index in [-0.39, 0.29) is 17.9 Å². The second-order valence-electron chi connectivity index (χ2n) is 6.14. The molecule has 2 aliphatic rings. The van der Waals surface area contributed by atoms with Crippen molar-refractivity contribution < 1.29 is 14.3 Å². The van der Waals surface area contributed by atoms with Gasteiger partial charge in [-0.1, -0.05) is 11.6 Å². The summed E-state index contributed by atoms with van der Waals surface area (Å²) in [5.74, 6) is -0.144. The first-order valence-corrected chi connectivity index (χ1v) is 8.71. The standard InChI is InChI=1S/C17H22ClN3O3/c18-15-10-13(20-16(22)11-12-2-1-5-19-12)3-4-14(15)17(23)21-6-8-24-9-7-21/h3-4,10,12,19H,1-2,5-9,11H2,(H,20,22). The minimum Gasteiger partial charge on any atom is -0.378 e. The lowest BCUT2D eigenvalue weighted by molar-refractivity contribution is -0.116. The number of carbonyl (C=O) groups excluding carboxylic acids is 2. The van der Waals surface area contributed by atoms with Crippen molar-refractivity contribution in [3.05, 3.63) is 28.8 Å². The van der Waals surface area contributed by atoms with Gasteiger partial charge in [-0.15, -0.1) is 0 Å². The lowest BCUT2D eigenvalue weighted by Crippen LogP contribution is -2.40. The molecule has 0 spiro atoms. The van der Waals surface area contributed by atoms with Crippen LogP contribution in [0.2, 0.25) is 5.02 Å². The van der Waals surface area contributed by atoms with Crippen LogP contribution >= 0.6 is 11.6 Å². The molecule has 3 rings (SSSR count). The molecule has 2 aliphatic heterocycles. The van der Waals surface area contributed by atoms with Crippen LogP contribution in [0.4, 0.5) is 5.69 Å². The largest absolute Gasteiger partial charge is 0.378 e. The minimum atomic E-state index is -0.101. The van der Waals surface area contributed by atoms with E-state index in [1.54, 1.807) is 23.1 Å². The van der Waals surface area contributed by atoms with Crippen molar-refractivity contribution in [1.82, 2.24) is 10.2 Å². The molecule has 0 bridgehead atoms. The second-order valence-corrected chi connectivity index (χ2v) is 6.55. The summed E-state index contributed by atoms with van der Waals surface area (Å²) < 4.78 is 5.25. The highest BCUT2D eigenvalue weighted by Gasteiger charge is 2.21. The number of rotatable bonds is 4. The van der Waals surface area contributed by atoms with Gasteiger partial charge in [0.1, 0.15) is 0 Å². The summed E-state index contributed by atoms with van der Waals surface area (Å²) in [5.41, 5.74) is 1.07. The van der Waals surface area contributed by atoms with Crippen LogP contribution < -0.4 is 10.6 Å². The first kappa shape index (κ1) is 17.2. The fourth-order valence-electron chi connectivity index (χ4n) is 3.07. The molecule has 1 atom stereocenters. The molecule has 0 saturated carbocycles. The molecule has 1 unspecified atom stereocenters. The number of nitrogens with zero attached hydrogens (tertiary/aromatic N) is 1. The topological polar surface area (TPSA) is 70.7 Å². The van der Waals surface area contributed by atoms with Crippen molar-refractivity contribution in [1.29, 1.82) is 0 Å². The molecule has 2 fully saturated rings. The van der Waals surface area contributed by atoms with Crippen LogP contribution in [0.3, 0.4) is 0 Å². The van der Waals surface area contributed by atoms with E-state index in [9.17, 15) is 9.59 Å². The molecule has 1 aromatic rings. The summed E-state index contributed by atoms with van der Waals surface area (Å²) in [6.45, 7) is 3.21. The summed E-state index contributed by atoms with van der Waals surface area (Å²) in [7, 11) is 0. The summed E-state index contributed by atoms with van der Waals surface area (Å²) in [6, 6.07) is 5.28. The van der Waals surface area contributed by atoms with Crippen LogP contribution in [0.5, 0.6) is 0 Å². The molecule has 6 nitrogen and oxygen atoms in total. The van der Waals surface area contributed by atoms with Crippen LogP contribution in [-0.2, 0) is 9.53 Å². The van der Waals surface area contributed by atoms with E-state index in [4.69, 9.17) is 16.3 Å². The van der Waals surface area contributed by atoms with E-state index in [0.717, 1.165) is 19.4 Å². The Morgan fingerprint density at radius 3 is 2.79 bits per heavy atom. The fraction of sp³-hybridized carbons (Fsp3) is 0.529. The van der Waals surface area contributed by atoms with E-state index in [2.05, 4.69) is 10.6 Å². The molecule has 24 heavy (non-hydrogen) atoms. The second kappa shape index (κ2) is 7.96. The SMILES string of the molecule is O=C(CC1CCCN1)Nc1ccc(C(=O)N2CCOCC2)c(Cl)c1. The smallest absolute Gasteiger partial charge is 0.255 e. The molecule has 7 heteroatoms. The number of halogens is 1. The number of hydrogen-bond donors (Lipinski definition) is 2. The zero-order chi connectivity index (χ0) is 16.9. The third-order valence-corrected chi connectivity index (χ3v) is 4.69. The Morgan fingerprint density at radius 2 is 2.12 bits per heavy atom. The van der Waals surface area contributed by atoms with Crippen LogP contribution in [0.25, 0.3) is 0 Å². The summed E-state index contributed by atoms with van der Waals surface area (Å²) >= 11 is 6.25. The fourth-order valence-corrected chi connectivity index (χ4v) is 3.33. The average molecular weight is 352 g/mol. The van der Waals surface area contributed by atoms with Gasteiger partial charge in [0.05, 0.1) is 23.8 Å². The first-order chi connectivity index (χ1) is 11.6. The highest BCUT2D eigenvalue weighted by molar-refractivity contribution is 6.34. The molecule has 2 N–H and O–H groups in total. The van der Waals surface area contributed by atoms with Crippen molar-refractivity contribution in [3.63, 3.8) is 0 Å². The number of hydrogen-bond acceptors (Lipinski definition) is 4. The highest BCUT2D eigenvalue weighted by Crippen LogP contribution is 2.23.